The van der Waals surface area contributed by atoms with E-state index in [9.17, 15) is 4.39 Å². The Morgan fingerprint density at radius 3 is 2.56 bits per heavy atom. The van der Waals surface area contributed by atoms with Crippen molar-refractivity contribution in [3.63, 3.8) is 0 Å². The molecule has 27 heavy (non-hydrogen) atoms. The van der Waals surface area contributed by atoms with Crippen LogP contribution >= 0.6 is 47.5 Å². The van der Waals surface area contributed by atoms with Crippen molar-refractivity contribution in [3.8, 4) is 0 Å². The van der Waals surface area contributed by atoms with Gasteiger partial charge in [0, 0.05) is 35.9 Å². The molecule has 2 rings (SSSR count). The van der Waals surface area contributed by atoms with Crippen LogP contribution in [0.2, 0.25) is 0 Å². The van der Waals surface area contributed by atoms with E-state index in [2.05, 4.69) is 23.8 Å². The minimum atomic E-state index is -0.185. The molecule has 1 aliphatic rings. The Labute approximate surface area is 188 Å². The molecule has 0 saturated carbocycles. The lowest BCUT2D eigenvalue weighted by atomic mass is 9.99. The number of aliphatic imine (C=N–C) groups is 1. The molecule has 1 aromatic rings. The fourth-order valence-corrected chi connectivity index (χ4v) is 4.36. The average Bonchev–Trinajstić information content (AvgIpc) is 2.68. The zero-order valence-electron chi connectivity index (χ0n) is 16.1. The number of hydrogen-bond donors (Lipinski definition) is 2. The van der Waals surface area contributed by atoms with Crippen LogP contribution in [0.1, 0.15) is 26.2 Å². The lowest BCUT2D eigenvalue weighted by Crippen LogP contribution is -2.41. The summed E-state index contributed by atoms with van der Waals surface area (Å²) in [6.45, 7) is 6.29. The molecule has 4 nitrogen and oxygen atoms in total. The molecule has 0 unspecified atom stereocenters. The lowest BCUT2D eigenvalue weighted by molar-refractivity contribution is 0.0794. The van der Waals surface area contributed by atoms with Gasteiger partial charge in [-0.25, -0.2) is 4.39 Å². The number of nitrogens with zero attached hydrogens (tertiary/aromatic N) is 1. The highest BCUT2D eigenvalue weighted by molar-refractivity contribution is 14.0. The first kappa shape index (κ1) is 24.8. The Morgan fingerprint density at radius 2 is 1.93 bits per heavy atom. The molecule has 2 N–H and O–H groups in total. The normalized spacial score (nSPS) is 16.5. The molecule has 0 aromatic heterocycles. The molecular formula is C19H31FIN3OS2. The SMILES string of the molecule is CCNC(=NCC1(SC)CCOCC1)NCCCSc1ccc(F)cc1.I. The van der Waals surface area contributed by atoms with Gasteiger partial charge in [-0.2, -0.15) is 11.8 Å². The maximum Gasteiger partial charge on any atom is 0.191 e. The van der Waals surface area contributed by atoms with Crippen LogP contribution in [0.5, 0.6) is 0 Å². The van der Waals surface area contributed by atoms with Gasteiger partial charge in [-0.05, 0) is 62.5 Å². The zero-order valence-corrected chi connectivity index (χ0v) is 20.1. The van der Waals surface area contributed by atoms with Gasteiger partial charge in [0.15, 0.2) is 5.96 Å². The van der Waals surface area contributed by atoms with E-state index in [-0.39, 0.29) is 34.5 Å². The highest BCUT2D eigenvalue weighted by Crippen LogP contribution is 2.33. The second-order valence-corrected chi connectivity index (χ2v) is 8.72. The summed E-state index contributed by atoms with van der Waals surface area (Å²) in [6, 6.07) is 6.67. The third kappa shape index (κ3) is 9.23. The molecular weight excluding hydrogens is 496 g/mol. The smallest absolute Gasteiger partial charge is 0.191 e. The predicted octanol–water partition coefficient (Wildman–Crippen LogP) is 4.39. The van der Waals surface area contributed by atoms with E-state index in [0.29, 0.717) is 0 Å². The van der Waals surface area contributed by atoms with Gasteiger partial charge in [0.05, 0.1) is 6.54 Å². The van der Waals surface area contributed by atoms with Gasteiger partial charge in [-0.1, -0.05) is 0 Å². The number of ether oxygens (including phenoxy) is 1. The standard InChI is InChI=1S/C19H30FN3OS2.HI/c1-3-21-18(23-15-19(25-2)9-12-24-13-10-19)22-11-4-14-26-17-7-5-16(20)6-8-17;/h5-8H,3-4,9-15H2,1-2H3,(H2,21,22,23);1H. The van der Waals surface area contributed by atoms with E-state index in [1.807, 2.05) is 23.9 Å². The Balaban J connectivity index is 0.00000364. The van der Waals surface area contributed by atoms with Crippen LogP contribution in [-0.4, -0.2) is 55.6 Å². The van der Waals surface area contributed by atoms with Gasteiger partial charge in [-0.15, -0.1) is 35.7 Å². The van der Waals surface area contributed by atoms with Crippen molar-refractivity contribution in [2.45, 2.75) is 35.8 Å². The fourth-order valence-electron chi connectivity index (χ4n) is 2.73. The van der Waals surface area contributed by atoms with Crippen LogP contribution in [-0.2, 0) is 4.74 Å². The molecule has 0 spiro atoms. The van der Waals surface area contributed by atoms with E-state index in [4.69, 9.17) is 9.73 Å². The first-order chi connectivity index (χ1) is 12.7. The van der Waals surface area contributed by atoms with Crippen molar-refractivity contribution in [2.24, 2.45) is 4.99 Å². The Bertz CT molecular complexity index is 554. The molecule has 1 heterocycles. The molecule has 154 valence electrons. The van der Waals surface area contributed by atoms with Crippen molar-refractivity contribution in [1.82, 2.24) is 10.6 Å². The van der Waals surface area contributed by atoms with Crippen molar-refractivity contribution in [1.29, 1.82) is 0 Å². The van der Waals surface area contributed by atoms with Crippen LogP contribution < -0.4 is 10.6 Å². The monoisotopic (exact) mass is 527 g/mol. The van der Waals surface area contributed by atoms with Crippen molar-refractivity contribution in [3.05, 3.63) is 30.1 Å². The van der Waals surface area contributed by atoms with Gasteiger partial charge in [0.1, 0.15) is 5.82 Å². The summed E-state index contributed by atoms with van der Waals surface area (Å²) in [4.78, 5) is 5.92. The average molecular weight is 528 g/mol. The molecule has 1 saturated heterocycles. The highest BCUT2D eigenvalue weighted by atomic mass is 127. The molecule has 1 aliphatic heterocycles. The Kier molecular flexibility index (Phi) is 12.8. The van der Waals surface area contributed by atoms with Crippen LogP contribution in [0.25, 0.3) is 0 Å². The summed E-state index contributed by atoms with van der Waals surface area (Å²) >= 11 is 3.66. The van der Waals surface area contributed by atoms with Crippen LogP contribution in [0, 0.1) is 5.82 Å². The highest BCUT2D eigenvalue weighted by Gasteiger charge is 2.31. The summed E-state index contributed by atoms with van der Waals surface area (Å²) in [5.41, 5.74) is 0. The molecule has 1 fully saturated rings. The molecule has 8 heteroatoms. The largest absolute Gasteiger partial charge is 0.381 e. The quantitative estimate of drug-likeness (QED) is 0.164. The number of rotatable bonds is 9. The van der Waals surface area contributed by atoms with Crippen LogP contribution in [0.4, 0.5) is 4.39 Å². The molecule has 0 radical (unpaired) electrons. The third-order valence-corrected chi connectivity index (χ3v) is 6.90. The fraction of sp³-hybridized carbons (Fsp3) is 0.632. The first-order valence-electron chi connectivity index (χ1n) is 9.21. The second kappa shape index (κ2) is 13.9. The van der Waals surface area contributed by atoms with Crippen LogP contribution in [0.15, 0.2) is 34.2 Å². The van der Waals surface area contributed by atoms with E-state index < -0.39 is 0 Å². The molecule has 0 aliphatic carbocycles. The number of hydrogen-bond acceptors (Lipinski definition) is 4. The first-order valence-corrected chi connectivity index (χ1v) is 11.4. The van der Waals surface area contributed by atoms with E-state index >= 15 is 0 Å². The van der Waals surface area contributed by atoms with Crippen LogP contribution in [0.3, 0.4) is 0 Å². The molecule has 0 bridgehead atoms. The number of halogens is 2. The molecule has 0 amide bonds. The summed E-state index contributed by atoms with van der Waals surface area (Å²) in [7, 11) is 0. The topological polar surface area (TPSA) is 45.7 Å². The van der Waals surface area contributed by atoms with Crippen molar-refractivity contribution in [2.75, 3.05) is 44.9 Å². The van der Waals surface area contributed by atoms with Gasteiger partial charge in [0.2, 0.25) is 0 Å². The molecule has 1 aromatic carbocycles. The van der Waals surface area contributed by atoms with Gasteiger partial charge >= 0.3 is 0 Å². The summed E-state index contributed by atoms with van der Waals surface area (Å²) in [5.74, 6) is 1.69. The molecule has 0 atom stereocenters. The minimum absolute atomic E-state index is 0. The van der Waals surface area contributed by atoms with E-state index in [1.54, 1.807) is 11.8 Å². The maximum absolute atomic E-state index is 12.9. The predicted molar refractivity (Wildman–Crippen MR) is 127 cm³/mol. The summed E-state index contributed by atoms with van der Waals surface area (Å²) in [5, 5.41) is 6.75. The van der Waals surface area contributed by atoms with Gasteiger partial charge in [0.25, 0.3) is 0 Å². The van der Waals surface area contributed by atoms with Gasteiger partial charge in [-0.3, -0.25) is 4.99 Å². The second-order valence-electron chi connectivity index (χ2n) is 6.28. The number of nitrogens with one attached hydrogen (secondary N) is 2. The van der Waals surface area contributed by atoms with Crippen molar-refractivity contribution >= 4 is 53.5 Å². The van der Waals surface area contributed by atoms with E-state index in [1.165, 1.54) is 12.1 Å². The number of thioether (sulfide) groups is 2. The summed E-state index contributed by atoms with van der Waals surface area (Å²) < 4.78 is 18.6. The minimum Gasteiger partial charge on any atom is -0.381 e. The lowest BCUT2D eigenvalue weighted by Gasteiger charge is -2.34. The maximum atomic E-state index is 12.9. The van der Waals surface area contributed by atoms with Crippen molar-refractivity contribution < 1.29 is 9.13 Å². The zero-order chi connectivity index (χ0) is 18.7. The number of guanidine groups is 1. The van der Waals surface area contributed by atoms with Gasteiger partial charge < -0.3 is 15.4 Å². The summed E-state index contributed by atoms with van der Waals surface area (Å²) in [6.07, 6.45) is 5.32. The van der Waals surface area contributed by atoms with E-state index in [0.717, 1.165) is 68.7 Å². The Morgan fingerprint density at radius 1 is 1.22 bits per heavy atom. The third-order valence-electron chi connectivity index (χ3n) is 4.40. The number of benzene rings is 1. The Hall–Kier alpha value is -0.190.